The molecule has 3 N–H and O–H groups in total. The minimum Gasteiger partial charge on any atom is -0.493 e. The molecule has 1 saturated heterocycles. The number of nitrogens with two attached hydrogens (primary N) is 1. The number of fused-ring (bicyclic) bond motifs is 1. The van der Waals surface area contributed by atoms with Gasteiger partial charge in [-0.15, -0.1) is 0 Å². The molecule has 0 radical (unpaired) electrons. The summed E-state index contributed by atoms with van der Waals surface area (Å²) < 4.78 is 80.3. The minimum atomic E-state index is -4.68. The normalized spacial score (nSPS) is 22.8. The van der Waals surface area contributed by atoms with Crippen LogP contribution in [0.25, 0.3) is 11.4 Å². The molecule has 1 aliphatic carbocycles. The van der Waals surface area contributed by atoms with E-state index in [0.717, 1.165) is 43.1 Å². The Kier molecular flexibility index (Phi) is 6.67. The molecular formula is C23H28F5N5O2. The number of nitrogens with one attached hydrogen (secondary N) is 1. The van der Waals surface area contributed by atoms with Crippen LogP contribution in [0.1, 0.15) is 63.3 Å². The van der Waals surface area contributed by atoms with E-state index in [4.69, 9.17) is 20.4 Å². The summed E-state index contributed by atoms with van der Waals surface area (Å²) in [4.78, 5) is 5.13. The van der Waals surface area contributed by atoms with Crippen molar-refractivity contribution in [2.75, 3.05) is 13.2 Å². The molecule has 1 saturated carbocycles. The summed E-state index contributed by atoms with van der Waals surface area (Å²) in [6.07, 6.45) is 1.16. The fourth-order valence-corrected chi connectivity index (χ4v) is 4.76. The van der Waals surface area contributed by atoms with E-state index < -0.39 is 41.6 Å². The first-order valence-electron chi connectivity index (χ1n) is 11.7. The zero-order valence-corrected chi connectivity index (χ0v) is 19.3. The highest BCUT2D eigenvalue weighted by molar-refractivity contribution is 5.77. The summed E-state index contributed by atoms with van der Waals surface area (Å²) in [6, 6.07) is 3.43. The van der Waals surface area contributed by atoms with Crippen molar-refractivity contribution in [2.24, 2.45) is 11.7 Å². The second-order valence-corrected chi connectivity index (χ2v) is 9.16. The van der Waals surface area contributed by atoms with E-state index >= 15 is 0 Å². The number of unbranched alkanes of at least 4 members (excludes halogenated alkanes) is 5. The average Bonchev–Trinajstić information content (AvgIpc) is 3.27. The van der Waals surface area contributed by atoms with E-state index in [1.54, 1.807) is 0 Å². The SMILES string of the molecule is CCCCCCCCOc1ccc(-c2noc(C34CC3C(F)(F)CN4C(=N)N)n2)cc1C(F)(F)F. The lowest BCUT2D eigenvalue weighted by molar-refractivity contribution is -0.138. The van der Waals surface area contributed by atoms with E-state index in [1.807, 2.05) is 0 Å². The largest absolute Gasteiger partial charge is 0.493 e. The molecule has 2 aliphatic rings. The topological polar surface area (TPSA) is 101 Å². The summed E-state index contributed by atoms with van der Waals surface area (Å²) in [6.45, 7) is 1.52. The van der Waals surface area contributed by atoms with E-state index in [-0.39, 0.29) is 36.1 Å². The highest BCUT2D eigenvalue weighted by Gasteiger charge is 2.78. The van der Waals surface area contributed by atoms with Crippen molar-refractivity contribution in [3.8, 4) is 17.1 Å². The molecule has 12 heteroatoms. The van der Waals surface area contributed by atoms with Gasteiger partial charge in [-0.05, 0) is 31.0 Å². The first-order chi connectivity index (χ1) is 16.5. The highest BCUT2D eigenvalue weighted by atomic mass is 19.4. The molecule has 1 aliphatic heterocycles. The lowest BCUT2D eigenvalue weighted by Gasteiger charge is -2.25. The van der Waals surface area contributed by atoms with Crippen molar-refractivity contribution in [2.45, 2.75) is 69.5 Å². The number of benzene rings is 1. The molecule has 35 heavy (non-hydrogen) atoms. The van der Waals surface area contributed by atoms with Crippen LogP contribution in [0.2, 0.25) is 0 Å². The highest BCUT2D eigenvalue weighted by Crippen LogP contribution is 2.67. The fraction of sp³-hybridized carbons (Fsp3) is 0.609. The number of hydrogen-bond acceptors (Lipinski definition) is 5. The number of rotatable bonds is 10. The number of piperidine rings is 1. The maximum atomic E-state index is 14.3. The second-order valence-electron chi connectivity index (χ2n) is 9.16. The van der Waals surface area contributed by atoms with Crippen LogP contribution in [-0.4, -0.2) is 40.1 Å². The third-order valence-corrected chi connectivity index (χ3v) is 6.68. The van der Waals surface area contributed by atoms with Crippen LogP contribution in [0, 0.1) is 11.3 Å². The maximum absolute atomic E-state index is 14.3. The van der Waals surface area contributed by atoms with Crippen LogP contribution < -0.4 is 10.5 Å². The molecule has 2 heterocycles. The first-order valence-corrected chi connectivity index (χ1v) is 11.7. The number of hydrogen-bond donors (Lipinski definition) is 2. The van der Waals surface area contributed by atoms with Gasteiger partial charge in [-0.3, -0.25) is 5.41 Å². The molecule has 0 bridgehead atoms. The van der Waals surface area contributed by atoms with Crippen molar-refractivity contribution in [1.29, 1.82) is 5.41 Å². The third-order valence-electron chi connectivity index (χ3n) is 6.68. The Balaban J connectivity index is 1.51. The van der Waals surface area contributed by atoms with Crippen molar-refractivity contribution in [3.05, 3.63) is 29.7 Å². The predicted octanol–water partition coefficient (Wildman–Crippen LogP) is 5.55. The van der Waals surface area contributed by atoms with Crippen LogP contribution in [-0.2, 0) is 11.7 Å². The van der Waals surface area contributed by atoms with Gasteiger partial charge in [0.25, 0.3) is 11.8 Å². The Morgan fingerprint density at radius 2 is 1.94 bits per heavy atom. The lowest BCUT2D eigenvalue weighted by atomic mass is 10.1. The Labute approximate surface area is 199 Å². The summed E-state index contributed by atoms with van der Waals surface area (Å²) in [7, 11) is 0. The summed E-state index contributed by atoms with van der Waals surface area (Å²) in [5, 5.41) is 11.4. The van der Waals surface area contributed by atoms with Crippen LogP contribution in [0.3, 0.4) is 0 Å². The molecule has 0 spiro atoms. The van der Waals surface area contributed by atoms with Gasteiger partial charge in [-0.1, -0.05) is 44.2 Å². The number of likely N-dealkylation sites (tertiary alicyclic amines) is 1. The van der Waals surface area contributed by atoms with Gasteiger partial charge in [0, 0.05) is 5.56 Å². The molecule has 4 rings (SSSR count). The third kappa shape index (κ3) is 4.79. The van der Waals surface area contributed by atoms with Crippen molar-refractivity contribution in [3.63, 3.8) is 0 Å². The molecule has 1 aromatic heterocycles. The van der Waals surface area contributed by atoms with E-state index in [0.29, 0.717) is 6.42 Å². The zero-order chi connectivity index (χ0) is 25.4. The Bertz CT molecular complexity index is 1070. The van der Waals surface area contributed by atoms with Crippen LogP contribution in [0.4, 0.5) is 22.0 Å². The Morgan fingerprint density at radius 1 is 1.23 bits per heavy atom. The van der Waals surface area contributed by atoms with Gasteiger partial charge >= 0.3 is 6.18 Å². The number of alkyl halides is 5. The fourth-order valence-electron chi connectivity index (χ4n) is 4.76. The van der Waals surface area contributed by atoms with Gasteiger partial charge in [0.05, 0.1) is 24.6 Å². The quantitative estimate of drug-likeness (QED) is 0.192. The molecule has 192 valence electrons. The van der Waals surface area contributed by atoms with Crippen LogP contribution in [0.5, 0.6) is 5.75 Å². The Hall–Kier alpha value is -2.92. The van der Waals surface area contributed by atoms with E-state index in [9.17, 15) is 22.0 Å². The molecule has 2 unspecified atom stereocenters. The number of guanidine groups is 1. The number of aromatic nitrogens is 2. The molecule has 7 nitrogen and oxygen atoms in total. The molecule has 2 atom stereocenters. The molecule has 2 aromatic rings. The zero-order valence-electron chi connectivity index (χ0n) is 19.3. The standard InChI is InChI=1S/C23H28F5N5O2/c1-2-3-4-5-6-7-10-34-16-9-8-14(11-15(16)23(26,27)28)18-31-19(35-32-18)21-12-17(21)22(24,25)13-33(21)20(29)30/h8-9,11,17H,2-7,10,12-13H2,1H3,(H3,29,30). The first kappa shape index (κ1) is 25.2. The molecule has 1 aromatic carbocycles. The monoisotopic (exact) mass is 501 g/mol. The summed E-state index contributed by atoms with van der Waals surface area (Å²) >= 11 is 0. The predicted molar refractivity (Wildman–Crippen MR) is 117 cm³/mol. The van der Waals surface area contributed by atoms with Gasteiger partial charge < -0.3 is 19.9 Å². The summed E-state index contributed by atoms with van der Waals surface area (Å²) in [5.74, 6) is -5.48. The maximum Gasteiger partial charge on any atom is 0.419 e. The minimum absolute atomic E-state index is 0.00646. The van der Waals surface area contributed by atoms with Gasteiger partial charge in [-0.25, -0.2) is 8.78 Å². The molecule has 2 fully saturated rings. The van der Waals surface area contributed by atoms with Crippen molar-refractivity contribution < 1.29 is 31.2 Å². The lowest BCUT2D eigenvalue weighted by Crippen LogP contribution is -2.44. The second kappa shape index (κ2) is 9.27. The number of nitrogens with zero attached hydrogens (tertiary/aromatic N) is 3. The summed E-state index contributed by atoms with van der Waals surface area (Å²) in [5.41, 5.74) is 3.11. The number of ether oxygens (including phenoxy) is 1. The molecular weight excluding hydrogens is 473 g/mol. The van der Waals surface area contributed by atoms with Gasteiger partial charge in [0.2, 0.25) is 5.82 Å². The van der Waals surface area contributed by atoms with Crippen molar-refractivity contribution in [1.82, 2.24) is 15.0 Å². The molecule has 0 amide bonds. The van der Waals surface area contributed by atoms with E-state index in [1.165, 1.54) is 12.1 Å². The average molecular weight is 502 g/mol. The van der Waals surface area contributed by atoms with Gasteiger partial charge in [0.1, 0.15) is 11.3 Å². The number of halogens is 5. The van der Waals surface area contributed by atoms with Gasteiger partial charge in [-0.2, -0.15) is 18.2 Å². The van der Waals surface area contributed by atoms with Crippen LogP contribution in [0.15, 0.2) is 22.7 Å². The van der Waals surface area contributed by atoms with Gasteiger partial charge in [0.15, 0.2) is 5.96 Å². The van der Waals surface area contributed by atoms with E-state index in [2.05, 4.69) is 17.1 Å². The van der Waals surface area contributed by atoms with Crippen LogP contribution >= 0.6 is 0 Å². The smallest absolute Gasteiger partial charge is 0.419 e. The van der Waals surface area contributed by atoms with Crippen molar-refractivity contribution >= 4 is 5.96 Å². The Morgan fingerprint density at radius 3 is 2.60 bits per heavy atom.